The summed E-state index contributed by atoms with van der Waals surface area (Å²) in [4.78, 5) is 2.03. The van der Waals surface area contributed by atoms with E-state index in [9.17, 15) is 18.2 Å². The Morgan fingerprint density at radius 3 is 2.04 bits per heavy atom. The van der Waals surface area contributed by atoms with Crippen LogP contribution in [0.3, 0.4) is 0 Å². The van der Waals surface area contributed by atoms with Gasteiger partial charge < -0.3 is 14.7 Å². The topological polar surface area (TPSA) is 105 Å². The van der Waals surface area contributed by atoms with Gasteiger partial charge in [-0.25, -0.2) is 13.0 Å². The molecule has 0 bridgehead atoms. The van der Waals surface area contributed by atoms with Gasteiger partial charge in [-0.15, -0.1) is 0 Å². The molecule has 4 aromatic rings. The van der Waals surface area contributed by atoms with E-state index in [0.717, 1.165) is 35.6 Å². The maximum Gasteiger partial charge on any atom is 1.00 e. The number of benzene rings is 4. The molecule has 0 aromatic heterocycles. The van der Waals surface area contributed by atoms with Gasteiger partial charge in [0.25, 0.3) is 0 Å². The molecule has 0 aliphatic heterocycles. The van der Waals surface area contributed by atoms with Crippen LogP contribution in [0.5, 0.6) is 0 Å². The number of nitrogens with zero attached hydrogens (tertiary/aromatic N) is 2. The first kappa shape index (κ1) is 36.5. The third-order valence-electron chi connectivity index (χ3n) is 7.63. The summed E-state index contributed by atoms with van der Waals surface area (Å²) in [6, 6.07) is 32.5. The monoisotopic (exact) mass is 676 g/mol. The van der Waals surface area contributed by atoms with E-state index in [4.69, 9.17) is 0 Å². The third-order valence-corrected chi connectivity index (χ3v) is 9.07. The fraction of sp³-hybridized carbons (Fsp3) is 0.139. The summed E-state index contributed by atoms with van der Waals surface area (Å²) in [5, 5.41) is 13.8. The summed E-state index contributed by atoms with van der Waals surface area (Å²) >= 11 is 0.518. The van der Waals surface area contributed by atoms with Gasteiger partial charge in [0.15, 0.2) is 12.3 Å². The normalized spacial score (nSPS) is 12.5. The molecule has 1 aliphatic rings. The Morgan fingerprint density at radius 2 is 1.47 bits per heavy atom. The molecular formula is C36H33N2NaO6S2. The van der Waals surface area contributed by atoms with Gasteiger partial charge in [-0.3, -0.25) is 5.04 Å². The summed E-state index contributed by atoms with van der Waals surface area (Å²) in [5.74, 6) is 0. The van der Waals surface area contributed by atoms with Crippen molar-refractivity contribution in [1.29, 1.82) is 0 Å². The summed E-state index contributed by atoms with van der Waals surface area (Å²) in [6.45, 7) is 4.33. The minimum Gasteiger partial charge on any atom is -0.744 e. The molecule has 0 amide bonds. The Labute approximate surface area is 302 Å². The number of anilines is 1. The van der Waals surface area contributed by atoms with Crippen LogP contribution in [-0.2, 0) is 32.6 Å². The number of allylic oxidation sites excluding steroid dienone is 5. The van der Waals surface area contributed by atoms with Gasteiger partial charge in [0, 0.05) is 47.0 Å². The molecule has 0 saturated carbocycles. The van der Waals surface area contributed by atoms with Crippen LogP contribution in [-0.4, -0.2) is 36.9 Å². The van der Waals surface area contributed by atoms with Gasteiger partial charge in [-0.05, 0) is 65.6 Å². The molecule has 0 fully saturated rings. The minimum absolute atomic E-state index is 0. The first-order valence-corrected chi connectivity index (χ1v) is 16.8. The van der Waals surface area contributed by atoms with E-state index in [1.807, 2.05) is 92.0 Å². The molecule has 0 saturated heterocycles. The average Bonchev–Trinajstić information content (AvgIpc) is 3.08. The second-order valence-corrected chi connectivity index (χ2v) is 12.8. The number of hydrogen-bond acceptors (Lipinski definition) is 8. The van der Waals surface area contributed by atoms with Crippen molar-refractivity contribution in [2.75, 3.05) is 18.5 Å². The number of hydrogen-bond donors (Lipinski definition) is 0. The van der Waals surface area contributed by atoms with Crippen LogP contribution in [0.2, 0.25) is 0 Å². The van der Waals surface area contributed by atoms with Crippen molar-refractivity contribution in [3.63, 3.8) is 0 Å². The van der Waals surface area contributed by atoms with Crippen molar-refractivity contribution in [2.24, 2.45) is 0 Å². The SMILES string of the molecule is CCN(Cc1ccccc1)c1ccc(C(=C2C=CC(=[N+](C)Cc3ccccc3)C=C2)c2ccc(SOO[O-])cc2S(=O)(=O)[O-])cc1.[Na+]. The van der Waals surface area contributed by atoms with Gasteiger partial charge in [-0.1, -0.05) is 78.9 Å². The quantitative estimate of drug-likeness (QED) is 0.0564. The molecule has 8 nitrogen and oxygen atoms in total. The Kier molecular flexibility index (Phi) is 13.4. The van der Waals surface area contributed by atoms with Crippen molar-refractivity contribution in [3.05, 3.63) is 155 Å². The van der Waals surface area contributed by atoms with E-state index in [1.165, 1.54) is 17.2 Å². The molecule has 1 aliphatic carbocycles. The second kappa shape index (κ2) is 17.2. The van der Waals surface area contributed by atoms with E-state index in [0.29, 0.717) is 24.2 Å². The van der Waals surface area contributed by atoms with Crippen LogP contribution >= 0.6 is 12.0 Å². The van der Waals surface area contributed by atoms with Crippen molar-refractivity contribution in [3.8, 4) is 0 Å². The molecule has 0 atom stereocenters. The molecular weight excluding hydrogens is 644 g/mol. The standard InChI is InChI=1S/C36H34N2O6S2.Na/c1-3-38(26-28-12-8-5-9-13-28)32-20-16-30(17-21-32)36(34-23-22-33(45-44-43-39)24-35(34)46(40,41)42)29-14-18-31(19-15-29)37(2)25-27-10-6-4-7-11-27;/h4-24H,3,25-26H2,1-2H3,(H-,39,40,41,42);/q;+1/p-1. The van der Waals surface area contributed by atoms with Crippen LogP contribution in [0.1, 0.15) is 29.2 Å². The van der Waals surface area contributed by atoms with Gasteiger partial charge in [0.05, 0.1) is 16.9 Å². The maximum atomic E-state index is 12.6. The fourth-order valence-electron chi connectivity index (χ4n) is 5.36. The van der Waals surface area contributed by atoms with Crippen molar-refractivity contribution in [1.82, 2.24) is 0 Å². The zero-order valence-electron chi connectivity index (χ0n) is 26.4. The Morgan fingerprint density at radius 1 is 0.851 bits per heavy atom. The minimum atomic E-state index is -4.93. The van der Waals surface area contributed by atoms with Gasteiger partial charge >= 0.3 is 29.6 Å². The summed E-state index contributed by atoms with van der Waals surface area (Å²) in [7, 11) is -2.93. The number of rotatable bonds is 12. The first-order valence-electron chi connectivity index (χ1n) is 14.6. The van der Waals surface area contributed by atoms with E-state index in [-0.39, 0.29) is 40.0 Å². The van der Waals surface area contributed by atoms with Crippen LogP contribution in [0.15, 0.2) is 143 Å². The molecule has 11 heteroatoms. The molecule has 5 rings (SSSR count). The largest absolute Gasteiger partial charge is 1.00 e. The van der Waals surface area contributed by atoms with E-state index >= 15 is 0 Å². The Bertz CT molecular complexity index is 1880. The van der Waals surface area contributed by atoms with E-state index in [2.05, 4.69) is 50.0 Å². The van der Waals surface area contributed by atoms with Gasteiger partial charge in [-0.2, -0.15) is 4.33 Å². The molecule has 47 heavy (non-hydrogen) atoms. The molecule has 0 radical (unpaired) electrons. The third kappa shape index (κ3) is 9.64. The smallest absolute Gasteiger partial charge is 0.744 e. The van der Waals surface area contributed by atoms with Crippen LogP contribution in [0, 0.1) is 0 Å². The molecule has 0 spiro atoms. The molecule has 0 heterocycles. The predicted octanol–water partition coefficient (Wildman–Crippen LogP) is 3.06. The van der Waals surface area contributed by atoms with E-state index in [1.54, 1.807) is 12.1 Å². The van der Waals surface area contributed by atoms with Crippen molar-refractivity contribution < 1.29 is 61.7 Å². The molecule has 236 valence electrons. The Hall–Kier alpha value is -3.29. The second-order valence-electron chi connectivity index (χ2n) is 10.6. The average molecular weight is 677 g/mol. The predicted molar refractivity (Wildman–Crippen MR) is 178 cm³/mol. The summed E-state index contributed by atoms with van der Waals surface area (Å²) in [5.41, 5.74) is 6.60. The Balaban J connectivity index is 0.00000500. The van der Waals surface area contributed by atoms with Crippen LogP contribution in [0.25, 0.3) is 5.57 Å². The maximum absolute atomic E-state index is 12.6. The van der Waals surface area contributed by atoms with Gasteiger partial charge in [0.1, 0.15) is 17.2 Å². The van der Waals surface area contributed by atoms with E-state index < -0.39 is 15.0 Å². The molecule has 0 N–H and O–H groups in total. The van der Waals surface area contributed by atoms with Gasteiger partial charge in [0.2, 0.25) is 0 Å². The van der Waals surface area contributed by atoms with Crippen LogP contribution < -0.4 is 39.7 Å². The van der Waals surface area contributed by atoms with Crippen molar-refractivity contribution >= 4 is 39.1 Å². The van der Waals surface area contributed by atoms with Crippen molar-refractivity contribution in [2.45, 2.75) is 29.8 Å². The molecule has 0 unspecified atom stereocenters. The zero-order valence-corrected chi connectivity index (χ0v) is 30.0. The zero-order chi connectivity index (χ0) is 32.5. The summed E-state index contributed by atoms with van der Waals surface area (Å²) in [6.07, 6.45) is 7.79. The fourth-order valence-corrected chi connectivity index (χ4v) is 6.54. The molecule has 4 aromatic carbocycles. The summed E-state index contributed by atoms with van der Waals surface area (Å²) < 4.78 is 44.3. The van der Waals surface area contributed by atoms with Crippen LogP contribution in [0.4, 0.5) is 5.69 Å². The first-order chi connectivity index (χ1) is 22.3.